The van der Waals surface area contributed by atoms with Gasteiger partial charge in [0.05, 0.1) is 6.54 Å². The van der Waals surface area contributed by atoms with Crippen molar-refractivity contribution in [2.24, 2.45) is 0 Å². The van der Waals surface area contributed by atoms with Gasteiger partial charge in [0.15, 0.2) is 5.78 Å². The minimum atomic E-state index is -0.0217. The Morgan fingerprint density at radius 1 is 1.22 bits per heavy atom. The van der Waals surface area contributed by atoms with Gasteiger partial charge in [-0.15, -0.1) is 0 Å². The first-order valence-electron chi connectivity index (χ1n) is 9.42. The number of hydrogen-bond donors (Lipinski definition) is 1. The van der Waals surface area contributed by atoms with Gasteiger partial charge < -0.3 is 14.6 Å². The number of likely N-dealkylation sites (tertiary alicyclic amines) is 1. The Morgan fingerprint density at radius 2 is 1.96 bits per heavy atom. The number of aryl methyl sites for hydroxylation is 1. The fourth-order valence-corrected chi connectivity index (χ4v) is 3.21. The standard InChI is InChI=1S/C21H27N3O3/c1-16-7-3-4-8-20(16)27-12-11-23(2)15-19(25)17-13-18(22-14-17)21(26)24-9-5-6-10-24/h3-4,7-8,13-14,22H,5-6,9-12,15H2,1-2H3. The van der Waals surface area contributed by atoms with Gasteiger partial charge in [0.1, 0.15) is 18.1 Å². The highest BCUT2D eigenvalue weighted by molar-refractivity contribution is 6.01. The lowest BCUT2D eigenvalue weighted by atomic mass is 10.2. The molecule has 1 fully saturated rings. The van der Waals surface area contributed by atoms with E-state index < -0.39 is 0 Å². The molecule has 6 nitrogen and oxygen atoms in total. The lowest BCUT2D eigenvalue weighted by Crippen LogP contribution is -2.30. The highest BCUT2D eigenvalue weighted by Gasteiger charge is 2.22. The number of likely N-dealkylation sites (N-methyl/N-ethyl adjacent to an activating group) is 1. The van der Waals surface area contributed by atoms with Crippen molar-refractivity contribution >= 4 is 11.7 Å². The van der Waals surface area contributed by atoms with Gasteiger partial charge in [0.2, 0.25) is 0 Å². The van der Waals surface area contributed by atoms with Gasteiger partial charge in [-0.25, -0.2) is 0 Å². The number of aromatic nitrogens is 1. The SMILES string of the molecule is Cc1ccccc1OCCN(C)CC(=O)c1c[nH]c(C(=O)N2CCCC2)c1. The van der Waals surface area contributed by atoms with Crippen LogP contribution in [-0.4, -0.2) is 66.3 Å². The molecule has 1 N–H and O–H groups in total. The molecular formula is C21H27N3O3. The third-order valence-electron chi connectivity index (χ3n) is 4.87. The topological polar surface area (TPSA) is 65.6 Å². The van der Waals surface area contributed by atoms with E-state index in [1.807, 2.05) is 48.0 Å². The van der Waals surface area contributed by atoms with E-state index >= 15 is 0 Å². The van der Waals surface area contributed by atoms with Crippen LogP contribution in [0, 0.1) is 6.92 Å². The molecular weight excluding hydrogens is 342 g/mol. The molecule has 1 aromatic heterocycles. The van der Waals surface area contributed by atoms with Crippen molar-refractivity contribution in [2.75, 3.05) is 39.8 Å². The average molecular weight is 369 g/mol. The first-order chi connectivity index (χ1) is 13.0. The summed E-state index contributed by atoms with van der Waals surface area (Å²) in [5, 5.41) is 0. The number of carbonyl (C=O) groups is 2. The summed E-state index contributed by atoms with van der Waals surface area (Å²) in [6.45, 7) is 5.04. The van der Waals surface area contributed by atoms with Crippen molar-refractivity contribution in [3.63, 3.8) is 0 Å². The van der Waals surface area contributed by atoms with Gasteiger partial charge in [0, 0.05) is 31.4 Å². The second-order valence-electron chi connectivity index (χ2n) is 7.08. The predicted molar refractivity (Wildman–Crippen MR) is 104 cm³/mol. The van der Waals surface area contributed by atoms with Crippen molar-refractivity contribution in [3.05, 3.63) is 53.3 Å². The largest absolute Gasteiger partial charge is 0.492 e. The molecule has 1 amide bonds. The summed E-state index contributed by atoms with van der Waals surface area (Å²) in [5.41, 5.74) is 2.13. The fourth-order valence-electron chi connectivity index (χ4n) is 3.21. The van der Waals surface area contributed by atoms with Gasteiger partial charge in [-0.1, -0.05) is 18.2 Å². The number of benzene rings is 1. The molecule has 0 bridgehead atoms. The molecule has 3 rings (SSSR count). The molecule has 2 aromatic rings. The number of ether oxygens (including phenoxy) is 1. The van der Waals surface area contributed by atoms with E-state index in [2.05, 4.69) is 4.98 Å². The lowest BCUT2D eigenvalue weighted by Gasteiger charge is -2.16. The highest BCUT2D eigenvalue weighted by atomic mass is 16.5. The summed E-state index contributed by atoms with van der Waals surface area (Å²) >= 11 is 0. The number of hydrogen-bond acceptors (Lipinski definition) is 4. The minimum absolute atomic E-state index is 0.00915. The molecule has 0 unspecified atom stereocenters. The van der Waals surface area contributed by atoms with E-state index in [0.29, 0.717) is 24.4 Å². The van der Waals surface area contributed by atoms with Crippen LogP contribution in [0.25, 0.3) is 0 Å². The van der Waals surface area contributed by atoms with Crippen molar-refractivity contribution in [1.29, 1.82) is 0 Å². The van der Waals surface area contributed by atoms with Crippen LogP contribution in [0.5, 0.6) is 5.75 Å². The smallest absolute Gasteiger partial charge is 0.270 e. The zero-order valence-electron chi connectivity index (χ0n) is 16.0. The second kappa shape index (κ2) is 8.86. The Morgan fingerprint density at radius 3 is 2.70 bits per heavy atom. The number of aromatic amines is 1. The second-order valence-corrected chi connectivity index (χ2v) is 7.08. The average Bonchev–Trinajstić information content (AvgIpc) is 3.35. The molecule has 6 heteroatoms. The van der Waals surface area contributed by atoms with E-state index in [9.17, 15) is 9.59 Å². The number of rotatable bonds is 8. The van der Waals surface area contributed by atoms with Crippen molar-refractivity contribution < 1.29 is 14.3 Å². The first-order valence-corrected chi connectivity index (χ1v) is 9.42. The van der Waals surface area contributed by atoms with Crippen LogP contribution >= 0.6 is 0 Å². The molecule has 1 aromatic carbocycles. The third kappa shape index (κ3) is 4.98. The summed E-state index contributed by atoms with van der Waals surface area (Å²) in [4.78, 5) is 31.5. The third-order valence-corrected chi connectivity index (χ3v) is 4.87. The predicted octanol–water partition coefficient (Wildman–Crippen LogP) is 2.75. The number of amides is 1. The number of para-hydroxylation sites is 1. The van der Waals surface area contributed by atoms with Crippen LogP contribution in [-0.2, 0) is 0 Å². The maximum atomic E-state index is 12.5. The lowest BCUT2D eigenvalue weighted by molar-refractivity contribution is 0.0787. The van der Waals surface area contributed by atoms with Gasteiger partial charge in [-0.05, 0) is 44.5 Å². The zero-order chi connectivity index (χ0) is 19.2. The van der Waals surface area contributed by atoms with E-state index in [1.165, 1.54) is 0 Å². The Kier molecular flexibility index (Phi) is 6.29. The number of Topliss-reactive ketones (excluding diaryl/α,β-unsaturated/α-hetero) is 1. The quantitative estimate of drug-likeness (QED) is 0.727. The van der Waals surface area contributed by atoms with Crippen LogP contribution in [0.2, 0.25) is 0 Å². The molecule has 27 heavy (non-hydrogen) atoms. The van der Waals surface area contributed by atoms with E-state index in [4.69, 9.17) is 4.74 Å². The molecule has 0 radical (unpaired) electrons. The molecule has 0 saturated carbocycles. The van der Waals surface area contributed by atoms with Gasteiger partial charge in [-0.2, -0.15) is 0 Å². The fraction of sp³-hybridized carbons (Fsp3) is 0.429. The van der Waals surface area contributed by atoms with Gasteiger partial charge >= 0.3 is 0 Å². The molecule has 1 aliphatic heterocycles. The molecule has 144 valence electrons. The Hall–Kier alpha value is -2.60. The number of ketones is 1. The molecule has 2 heterocycles. The summed E-state index contributed by atoms with van der Waals surface area (Å²) in [6, 6.07) is 9.55. The van der Waals surface area contributed by atoms with Gasteiger partial charge in [0.25, 0.3) is 5.91 Å². The number of nitrogens with zero attached hydrogens (tertiary/aromatic N) is 2. The summed E-state index contributed by atoms with van der Waals surface area (Å²) in [5.74, 6) is 0.838. The summed E-state index contributed by atoms with van der Waals surface area (Å²) < 4.78 is 5.78. The summed E-state index contributed by atoms with van der Waals surface area (Å²) in [6.07, 6.45) is 3.73. The van der Waals surface area contributed by atoms with Crippen molar-refractivity contribution in [3.8, 4) is 5.75 Å². The minimum Gasteiger partial charge on any atom is -0.492 e. The molecule has 1 aliphatic rings. The van der Waals surface area contributed by atoms with Crippen LogP contribution in [0.15, 0.2) is 36.5 Å². The van der Waals surface area contributed by atoms with Crippen LogP contribution in [0.3, 0.4) is 0 Å². The molecule has 1 saturated heterocycles. The number of H-pyrrole nitrogens is 1. The van der Waals surface area contributed by atoms with Gasteiger partial charge in [-0.3, -0.25) is 14.5 Å². The number of carbonyl (C=O) groups excluding carboxylic acids is 2. The van der Waals surface area contributed by atoms with Crippen LogP contribution < -0.4 is 4.74 Å². The number of nitrogens with one attached hydrogen (secondary N) is 1. The van der Waals surface area contributed by atoms with Crippen LogP contribution in [0.1, 0.15) is 39.3 Å². The zero-order valence-corrected chi connectivity index (χ0v) is 16.0. The van der Waals surface area contributed by atoms with E-state index in [-0.39, 0.29) is 18.2 Å². The Labute approximate surface area is 160 Å². The monoisotopic (exact) mass is 369 g/mol. The molecule has 0 aliphatic carbocycles. The first kappa shape index (κ1) is 19.2. The normalized spacial score (nSPS) is 14.0. The maximum Gasteiger partial charge on any atom is 0.270 e. The van der Waals surface area contributed by atoms with E-state index in [0.717, 1.165) is 37.2 Å². The Balaban J connectivity index is 1.47. The van der Waals surface area contributed by atoms with Crippen molar-refractivity contribution in [2.45, 2.75) is 19.8 Å². The maximum absolute atomic E-state index is 12.5. The van der Waals surface area contributed by atoms with Crippen LogP contribution in [0.4, 0.5) is 0 Å². The van der Waals surface area contributed by atoms with E-state index in [1.54, 1.807) is 12.3 Å². The molecule has 0 atom stereocenters. The Bertz CT molecular complexity index is 793. The summed E-state index contributed by atoms with van der Waals surface area (Å²) in [7, 11) is 1.89. The molecule has 0 spiro atoms. The highest BCUT2D eigenvalue weighted by Crippen LogP contribution is 2.16. The van der Waals surface area contributed by atoms with Crippen molar-refractivity contribution in [1.82, 2.24) is 14.8 Å².